The van der Waals surface area contributed by atoms with Crippen LogP contribution in [-0.2, 0) is 29.7 Å². The van der Waals surface area contributed by atoms with E-state index in [0.717, 1.165) is 32.1 Å². The van der Waals surface area contributed by atoms with E-state index < -0.39 is 0 Å². The van der Waals surface area contributed by atoms with Gasteiger partial charge in [0.25, 0.3) is 5.56 Å². The maximum atomic E-state index is 13.1. The maximum Gasteiger partial charge on any atom is 0.291 e. The Balaban J connectivity index is 1.56. The van der Waals surface area contributed by atoms with Crippen molar-refractivity contribution in [1.82, 2.24) is 19.3 Å². The van der Waals surface area contributed by atoms with Gasteiger partial charge in [-0.1, -0.05) is 12.1 Å². The number of hydrogen-bond acceptors (Lipinski definition) is 8. The molecule has 0 saturated heterocycles. The summed E-state index contributed by atoms with van der Waals surface area (Å²) < 4.78 is 20.4. The molecule has 1 aromatic carbocycles. The van der Waals surface area contributed by atoms with E-state index in [4.69, 9.17) is 19.9 Å². The zero-order chi connectivity index (χ0) is 21.8. The molecular formula is C21H25N5O4S. The van der Waals surface area contributed by atoms with Crippen molar-refractivity contribution in [3.05, 3.63) is 51.4 Å². The summed E-state index contributed by atoms with van der Waals surface area (Å²) in [6.07, 6.45) is 1.74. The maximum absolute atomic E-state index is 13.1. The molecule has 31 heavy (non-hydrogen) atoms. The third kappa shape index (κ3) is 4.47. The highest BCUT2D eigenvalue weighted by Crippen LogP contribution is 2.31. The number of ether oxygens (including phenoxy) is 3. The number of rotatable bonds is 10. The molecule has 0 aliphatic rings. The van der Waals surface area contributed by atoms with E-state index in [-0.39, 0.29) is 5.56 Å². The van der Waals surface area contributed by atoms with E-state index in [2.05, 4.69) is 10.1 Å². The third-order valence-corrected chi connectivity index (χ3v) is 5.95. The molecule has 2 N–H and O–H groups in total. The van der Waals surface area contributed by atoms with Gasteiger partial charge in [0.15, 0.2) is 5.65 Å². The van der Waals surface area contributed by atoms with E-state index in [1.165, 1.54) is 16.0 Å². The molecule has 9 nitrogen and oxygen atoms in total. The number of methoxy groups -OCH3 is 1. The van der Waals surface area contributed by atoms with E-state index >= 15 is 0 Å². The smallest absolute Gasteiger partial charge is 0.291 e. The van der Waals surface area contributed by atoms with Crippen molar-refractivity contribution < 1.29 is 14.2 Å². The van der Waals surface area contributed by atoms with Crippen molar-refractivity contribution in [2.75, 3.05) is 33.5 Å². The molecule has 0 unspecified atom stereocenters. The van der Waals surface area contributed by atoms with Crippen molar-refractivity contribution in [2.24, 2.45) is 12.8 Å². The van der Waals surface area contributed by atoms with Crippen LogP contribution in [0.4, 0.5) is 0 Å². The van der Waals surface area contributed by atoms with Crippen LogP contribution >= 0.6 is 11.3 Å². The van der Waals surface area contributed by atoms with Crippen LogP contribution < -0.4 is 16.0 Å². The number of thiazole rings is 1. The third-order valence-electron chi connectivity index (χ3n) is 4.90. The second-order valence-corrected chi connectivity index (χ2v) is 8.08. The molecule has 0 saturated carbocycles. The fourth-order valence-electron chi connectivity index (χ4n) is 3.41. The molecule has 0 aliphatic carbocycles. The molecule has 0 bridgehead atoms. The lowest BCUT2D eigenvalue weighted by atomic mass is 10.2. The van der Waals surface area contributed by atoms with Gasteiger partial charge in [0, 0.05) is 19.0 Å². The van der Waals surface area contributed by atoms with Gasteiger partial charge in [-0.05, 0) is 17.7 Å². The Labute approximate surface area is 183 Å². The van der Waals surface area contributed by atoms with Gasteiger partial charge in [-0.2, -0.15) is 5.10 Å². The molecule has 0 atom stereocenters. The molecule has 4 aromatic rings. The molecule has 3 aromatic heterocycles. The minimum atomic E-state index is -0.150. The van der Waals surface area contributed by atoms with Gasteiger partial charge in [0.05, 0.1) is 51.0 Å². The van der Waals surface area contributed by atoms with Crippen molar-refractivity contribution in [3.63, 3.8) is 0 Å². The number of benzene rings is 1. The Morgan fingerprint density at radius 3 is 2.84 bits per heavy atom. The minimum absolute atomic E-state index is 0.150. The average molecular weight is 444 g/mol. The normalized spacial score (nSPS) is 11.6. The molecule has 0 amide bonds. The summed E-state index contributed by atoms with van der Waals surface area (Å²) in [5.41, 5.74) is 7.53. The Hall–Kier alpha value is -2.79. The van der Waals surface area contributed by atoms with Crippen LogP contribution in [0.1, 0.15) is 10.6 Å². The van der Waals surface area contributed by atoms with Crippen LogP contribution in [0.2, 0.25) is 0 Å². The van der Waals surface area contributed by atoms with Crippen LogP contribution in [0.3, 0.4) is 0 Å². The van der Waals surface area contributed by atoms with Crippen LogP contribution in [0.25, 0.3) is 21.3 Å². The summed E-state index contributed by atoms with van der Waals surface area (Å²) in [6, 6.07) is 7.61. The molecule has 0 fully saturated rings. The number of hydrogen-bond donors (Lipinski definition) is 1. The van der Waals surface area contributed by atoms with Crippen LogP contribution in [0.15, 0.2) is 35.3 Å². The molecule has 0 spiro atoms. The summed E-state index contributed by atoms with van der Waals surface area (Å²) in [7, 11) is 3.47. The number of aromatic nitrogens is 4. The molecule has 0 radical (unpaired) electrons. The van der Waals surface area contributed by atoms with Crippen LogP contribution in [0.5, 0.6) is 5.75 Å². The number of nitrogens with zero attached hydrogens (tertiary/aromatic N) is 4. The zero-order valence-electron chi connectivity index (χ0n) is 17.5. The first-order chi connectivity index (χ1) is 15.1. The number of aryl methyl sites for hydroxylation is 1. The standard InChI is InChI=1S/C21H25N5O4S/c1-25-18-16(19-20(25)24-17(31-19)13-30-9-8-29-7-6-22)11-23-26(21(18)27)12-14-4-3-5-15(10-14)28-2/h3-5,10-11H,6-9,12-13,22H2,1-2H3. The lowest BCUT2D eigenvalue weighted by molar-refractivity contribution is 0.0433. The fraction of sp³-hybridized carbons (Fsp3) is 0.381. The van der Waals surface area contributed by atoms with Crippen LogP contribution in [0, 0.1) is 0 Å². The van der Waals surface area contributed by atoms with E-state index in [0.29, 0.717) is 45.0 Å². The van der Waals surface area contributed by atoms with E-state index in [1.54, 1.807) is 13.3 Å². The van der Waals surface area contributed by atoms with Crippen LogP contribution in [-0.4, -0.2) is 52.8 Å². The molecule has 164 valence electrons. The molecular weight excluding hydrogens is 418 g/mol. The SMILES string of the molecule is COc1cccc(Cn2ncc3c4sc(COCCOCCN)nc4n(C)c3c2=O)c1. The summed E-state index contributed by atoms with van der Waals surface area (Å²) in [4.78, 5) is 17.8. The topological polar surface area (TPSA) is 106 Å². The molecule has 0 aliphatic heterocycles. The Morgan fingerprint density at radius 2 is 2.03 bits per heavy atom. The summed E-state index contributed by atoms with van der Waals surface area (Å²) >= 11 is 1.52. The summed E-state index contributed by atoms with van der Waals surface area (Å²) in [5.74, 6) is 0.746. The van der Waals surface area contributed by atoms with Crippen molar-refractivity contribution in [1.29, 1.82) is 0 Å². The van der Waals surface area contributed by atoms with E-state index in [9.17, 15) is 4.79 Å². The molecule has 10 heteroatoms. The van der Waals surface area contributed by atoms with Gasteiger partial charge in [0.1, 0.15) is 16.3 Å². The minimum Gasteiger partial charge on any atom is -0.497 e. The van der Waals surface area contributed by atoms with Crippen molar-refractivity contribution in [3.8, 4) is 5.75 Å². The van der Waals surface area contributed by atoms with Crippen molar-refractivity contribution >= 4 is 32.6 Å². The Kier molecular flexibility index (Phi) is 6.62. The summed E-state index contributed by atoms with van der Waals surface area (Å²) in [5, 5.41) is 6.06. The number of fused-ring (bicyclic) bond motifs is 3. The largest absolute Gasteiger partial charge is 0.497 e. The molecule has 3 heterocycles. The number of nitrogens with two attached hydrogens (primary N) is 1. The van der Waals surface area contributed by atoms with Crippen molar-refractivity contribution in [2.45, 2.75) is 13.2 Å². The first kappa shape index (κ1) is 21.4. The van der Waals surface area contributed by atoms with Gasteiger partial charge in [-0.25, -0.2) is 9.67 Å². The van der Waals surface area contributed by atoms with Gasteiger partial charge >= 0.3 is 0 Å². The summed E-state index contributed by atoms with van der Waals surface area (Å²) in [6.45, 7) is 2.77. The molecule has 4 rings (SSSR count). The Morgan fingerprint density at radius 1 is 1.19 bits per heavy atom. The highest BCUT2D eigenvalue weighted by Gasteiger charge is 2.18. The second kappa shape index (κ2) is 9.56. The zero-order valence-corrected chi connectivity index (χ0v) is 18.4. The highest BCUT2D eigenvalue weighted by molar-refractivity contribution is 7.19. The lowest BCUT2D eigenvalue weighted by Gasteiger charge is -2.07. The first-order valence-corrected chi connectivity index (χ1v) is 10.8. The van der Waals surface area contributed by atoms with Gasteiger partial charge < -0.3 is 24.5 Å². The van der Waals surface area contributed by atoms with Gasteiger partial charge in [-0.15, -0.1) is 11.3 Å². The van der Waals surface area contributed by atoms with Gasteiger partial charge in [-0.3, -0.25) is 4.79 Å². The fourth-order valence-corrected chi connectivity index (χ4v) is 4.46. The van der Waals surface area contributed by atoms with E-state index in [1.807, 2.05) is 35.9 Å². The predicted octanol–water partition coefficient (Wildman–Crippen LogP) is 1.89. The second-order valence-electron chi connectivity index (χ2n) is 6.99. The first-order valence-electron chi connectivity index (χ1n) is 9.94. The van der Waals surface area contributed by atoms with Gasteiger partial charge in [0.2, 0.25) is 0 Å². The lowest BCUT2D eigenvalue weighted by Crippen LogP contribution is -2.24. The monoisotopic (exact) mass is 443 g/mol. The highest BCUT2D eigenvalue weighted by atomic mass is 32.1. The quantitative estimate of drug-likeness (QED) is 0.373. The predicted molar refractivity (Wildman–Crippen MR) is 120 cm³/mol. The average Bonchev–Trinajstić information content (AvgIpc) is 3.31. The Bertz CT molecular complexity index is 1250.